The smallest absolute Gasteiger partial charge is 0.246 e. The molecule has 1 aliphatic carbocycles. The van der Waals surface area contributed by atoms with E-state index in [4.69, 9.17) is 17.2 Å². The molecule has 5 rings (SSSR count). The summed E-state index contributed by atoms with van der Waals surface area (Å²) in [5.41, 5.74) is 19.3. The summed E-state index contributed by atoms with van der Waals surface area (Å²) in [6, 6.07) is 18.8. The Balaban J connectivity index is 1.43. The molecule has 0 bridgehead atoms. The molecule has 324 valence electrons. The molecule has 0 spiro atoms. The zero-order valence-electron chi connectivity index (χ0n) is 34.2. The molecule has 17 heteroatoms. The number of nitrogens with two attached hydrogens (primary N) is 3. The van der Waals surface area contributed by atoms with Gasteiger partial charge in [0, 0.05) is 53.8 Å². The number of primary amides is 1. The summed E-state index contributed by atoms with van der Waals surface area (Å²) in [6.45, 7) is 1.67. The van der Waals surface area contributed by atoms with Gasteiger partial charge in [0.05, 0.1) is 6.54 Å². The first-order valence-corrected chi connectivity index (χ1v) is 21.3. The lowest BCUT2D eigenvalue weighted by molar-refractivity contribution is -0.137. The Morgan fingerprint density at radius 1 is 0.820 bits per heavy atom. The number of carbonyl (C=O) groups excluding carboxylic acids is 6. The fourth-order valence-corrected chi connectivity index (χ4v) is 7.89. The Labute approximate surface area is 363 Å². The number of amides is 6. The maximum absolute atomic E-state index is 14.7. The lowest BCUT2D eigenvalue weighted by Crippen LogP contribution is -2.65. The van der Waals surface area contributed by atoms with Crippen LogP contribution in [-0.4, -0.2) is 83.1 Å². The number of hydrogen-bond donors (Lipinski definition) is 9. The molecule has 0 saturated heterocycles. The molecule has 12 N–H and O–H groups in total. The second-order valence-corrected chi connectivity index (χ2v) is 16.3. The number of aromatic amines is 1. The number of aromatic nitrogens is 1. The van der Waals surface area contributed by atoms with E-state index in [1.807, 2.05) is 79.7 Å². The maximum Gasteiger partial charge on any atom is 0.246 e. The van der Waals surface area contributed by atoms with E-state index in [1.54, 1.807) is 6.20 Å². The Morgan fingerprint density at radius 2 is 1.52 bits per heavy atom. The number of benzene rings is 3. The molecule has 0 aliphatic heterocycles. The van der Waals surface area contributed by atoms with Crippen molar-refractivity contribution in [3.05, 3.63) is 106 Å². The number of rotatable bonds is 21. The van der Waals surface area contributed by atoms with Crippen LogP contribution in [0.2, 0.25) is 0 Å². The van der Waals surface area contributed by atoms with E-state index >= 15 is 0 Å². The van der Waals surface area contributed by atoms with Crippen molar-refractivity contribution in [3.63, 3.8) is 0 Å². The molecular weight excluding hydrogens is 844 g/mol. The summed E-state index contributed by atoms with van der Waals surface area (Å²) in [5.74, 6) is -3.73. The van der Waals surface area contributed by atoms with Gasteiger partial charge in [-0.3, -0.25) is 33.8 Å². The number of para-hydroxylation sites is 1. The number of H-pyrrole nitrogens is 1. The molecule has 1 aliphatic rings. The van der Waals surface area contributed by atoms with Gasteiger partial charge in [0.25, 0.3) is 0 Å². The van der Waals surface area contributed by atoms with Crippen LogP contribution < -0.4 is 43.8 Å². The fourth-order valence-electron chi connectivity index (χ4n) is 7.48. The second-order valence-electron chi connectivity index (χ2n) is 15.4. The fraction of sp³-hybridized carbons (Fsp3) is 0.386. The van der Waals surface area contributed by atoms with Crippen molar-refractivity contribution in [2.24, 2.45) is 22.2 Å². The molecule has 0 radical (unpaired) electrons. The number of nitrogens with one attached hydrogen (secondary N) is 6. The topological polar surface area (TPSA) is 269 Å². The summed E-state index contributed by atoms with van der Waals surface area (Å²) in [7, 11) is 0. The van der Waals surface area contributed by atoms with Gasteiger partial charge in [0.15, 0.2) is 5.96 Å². The lowest BCUT2D eigenvalue weighted by atomic mass is 9.77. The quantitative estimate of drug-likeness (QED) is 0.0339. The molecule has 0 fully saturated rings. The average Bonchev–Trinajstić information content (AvgIpc) is 3.65. The third-order valence-electron chi connectivity index (χ3n) is 10.7. The predicted molar refractivity (Wildman–Crippen MR) is 237 cm³/mol. The first kappa shape index (κ1) is 45.8. The second kappa shape index (κ2) is 21.9. The van der Waals surface area contributed by atoms with Crippen molar-refractivity contribution < 1.29 is 28.8 Å². The third-order valence-corrected chi connectivity index (χ3v) is 11.2. The minimum Gasteiger partial charge on any atom is -0.370 e. The van der Waals surface area contributed by atoms with E-state index in [0.717, 1.165) is 44.1 Å². The monoisotopic (exact) mass is 898 g/mol. The van der Waals surface area contributed by atoms with Crippen LogP contribution in [0.4, 0.5) is 0 Å². The van der Waals surface area contributed by atoms with Gasteiger partial charge in [-0.15, -0.1) is 0 Å². The van der Waals surface area contributed by atoms with Crippen molar-refractivity contribution in [1.29, 1.82) is 0 Å². The SMILES string of the molecule is CCCCC(=O)NC1(C(=O)N[C@H](Cc2ccccc2)C(=O)N[C@@H](CCCN=C(N)N)C(=O)N[C@@H](Cc2c[nH]c3ccccc23)C(=O)NCC(N)=O)CCc2cc(Br)ccc2C1. The van der Waals surface area contributed by atoms with Crippen LogP contribution in [0.3, 0.4) is 0 Å². The number of carbonyl (C=O) groups is 6. The molecule has 61 heavy (non-hydrogen) atoms. The highest BCUT2D eigenvalue weighted by Crippen LogP contribution is 2.32. The summed E-state index contributed by atoms with van der Waals surface area (Å²) in [4.78, 5) is 89.1. The number of unbranched alkanes of at least 4 members (excludes halogenated alkanes) is 1. The van der Waals surface area contributed by atoms with Crippen molar-refractivity contribution in [2.75, 3.05) is 13.1 Å². The normalized spacial score (nSPS) is 15.9. The first-order valence-electron chi connectivity index (χ1n) is 20.5. The number of nitrogens with zero attached hydrogens (tertiary/aromatic N) is 1. The standard InChI is InChI=1S/C44H55BrN10O6/c1-2-3-15-38(57)55-44(19-18-28-22-31(45)17-16-29(28)24-44)42(61)54-35(21-27-10-5-4-6-11-27)41(60)52-34(14-9-20-49-43(47)48)40(59)53-36(39(58)51-26-37(46)56)23-30-25-50-33-13-8-7-12-32(30)33/h4-8,10-13,16-17,22,25,34-36,50H,2-3,9,14-15,18-21,23-24,26H2,1H3,(H2,46,56)(H,51,58)(H,52,60)(H,53,59)(H,54,61)(H,55,57)(H4,47,48,49)/t34-,35+,36-,44?/m0/s1. The number of fused-ring (bicyclic) bond motifs is 2. The van der Waals surface area contributed by atoms with Crippen LogP contribution in [0.25, 0.3) is 10.9 Å². The third kappa shape index (κ3) is 13.1. The molecule has 1 heterocycles. The van der Waals surface area contributed by atoms with Gasteiger partial charge in [0.1, 0.15) is 23.7 Å². The van der Waals surface area contributed by atoms with Gasteiger partial charge in [-0.1, -0.05) is 83.9 Å². The first-order chi connectivity index (χ1) is 29.3. The number of halogens is 1. The average molecular weight is 900 g/mol. The van der Waals surface area contributed by atoms with Crippen molar-refractivity contribution in [2.45, 2.75) is 94.8 Å². The van der Waals surface area contributed by atoms with Crippen molar-refractivity contribution >= 4 is 68.2 Å². The molecule has 4 atom stereocenters. The highest BCUT2D eigenvalue weighted by Gasteiger charge is 2.44. The molecule has 3 aromatic carbocycles. The minimum absolute atomic E-state index is 0.0356. The van der Waals surface area contributed by atoms with E-state index in [9.17, 15) is 28.8 Å². The molecule has 1 unspecified atom stereocenters. The summed E-state index contributed by atoms with van der Waals surface area (Å²) in [5, 5.41) is 14.9. The maximum atomic E-state index is 14.7. The van der Waals surface area contributed by atoms with Crippen LogP contribution >= 0.6 is 15.9 Å². The Hall–Kier alpha value is -6.23. The van der Waals surface area contributed by atoms with Gasteiger partial charge < -0.3 is 48.8 Å². The van der Waals surface area contributed by atoms with Crippen LogP contribution in [0.15, 0.2) is 88.5 Å². The highest BCUT2D eigenvalue weighted by molar-refractivity contribution is 9.10. The Bertz CT molecular complexity index is 2230. The van der Waals surface area contributed by atoms with Crippen molar-refractivity contribution in [3.8, 4) is 0 Å². The number of hydrogen-bond acceptors (Lipinski definition) is 7. The summed E-state index contributed by atoms with van der Waals surface area (Å²) < 4.78 is 0.905. The minimum atomic E-state index is -1.36. The van der Waals surface area contributed by atoms with Crippen LogP contribution in [0.1, 0.15) is 67.7 Å². The molecule has 1 aromatic heterocycles. The van der Waals surface area contributed by atoms with Crippen LogP contribution in [0.5, 0.6) is 0 Å². The predicted octanol–water partition coefficient (Wildman–Crippen LogP) is 2.06. The largest absolute Gasteiger partial charge is 0.370 e. The highest BCUT2D eigenvalue weighted by atomic mass is 79.9. The van der Waals surface area contributed by atoms with Crippen LogP contribution in [-0.2, 0) is 54.5 Å². The van der Waals surface area contributed by atoms with Gasteiger partial charge >= 0.3 is 0 Å². The van der Waals surface area contributed by atoms with Gasteiger partial charge in [-0.2, -0.15) is 0 Å². The van der Waals surface area contributed by atoms with E-state index in [-0.39, 0.29) is 56.9 Å². The number of aliphatic imine (C=N–C) groups is 1. The van der Waals surface area contributed by atoms with E-state index in [0.29, 0.717) is 19.3 Å². The van der Waals surface area contributed by atoms with Crippen LogP contribution in [0, 0.1) is 0 Å². The summed E-state index contributed by atoms with van der Waals surface area (Å²) in [6.07, 6.45) is 4.84. The van der Waals surface area contributed by atoms with Gasteiger partial charge in [0.2, 0.25) is 35.4 Å². The molecule has 6 amide bonds. The molecule has 16 nitrogen and oxygen atoms in total. The van der Waals surface area contributed by atoms with Gasteiger partial charge in [-0.05, 0) is 72.6 Å². The molecular formula is C44H55BrN10O6. The van der Waals surface area contributed by atoms with E-state index in [2.05, 4.69) is 52.5 Å². The Kier molecular flexibility index (Phi) is 16.4. The lowest BCUT2D eigenvalue weighted by Gasteiger charge is -2.39. The molecule has 0 saturated carbocycles. The zero-order chi connectivity index (χ0) is 43.9. The Morgan fingerprint density at radius 3 is 2.26 bits per heavy atom. The zero-order valence-corrected chi connectivity index (χ0v) is 35.8. The van der Waals surface area contributed by atoms with Crippen molar-refractivity contribution in [1.82, 2.24) is 31.6 Å². The molecule has 4 aromatic rings. The number of guanidine groups is 1. The number of aryl methyl sites for hydroxylation is 1. The van der Waals surface area contributed by atoms with E-state index < -0.39 is 59.7 Å². The summed E-state index contributed by atoms with van der Waals surface area (Å²) >= 11 is 3.53. The van der Waals surface area contributed by atoms with E-state index in [1.165, 1.54) is 0 Å². The van der Waals surface area contributed by atoms with Gasteiger partial charge in [-0.25, -0.2) is 0 Å².